The minimum Gasteiger partial charge on any atom is -0.480 e. The molecule has 1 atom stereocenters. The molecule has 0 bridgehead atoms. The van der Waals surface area contributed by atoms with Crippen molar-refractivity contribution in [3.05, 3.63) is 0 Å². The van der Waals surface area contributed by atoms with Gasteiger partial charge in [0.1, 0.15) is 6.04 Å². The molecule has 1 aliphatic rings. The van der Waals surface area contributed by atoms with Gasteiger partial charge in [-0.15, -0.1) is 0 Å². The molecule has 0 radical (unpaired) electrons. The van der Waals surface area contributed by atoms with E-state index in [0.29, 0.717) is 37.3 Å². The average molecular weight is 284 g/mol. The Morgan fingerprint density at radius 2 is 1.80 bits per heavy atom. The number of hydrogen-bond acceptors (Lipinski definition) is 2. The maximum absolute atomic E-state index is 12.2. The number of hydrogen-bond donors (Lipinski definition) is 2. The molecular formula is C15H28N2O3. The van der Waals surface area contributed by atoms with Gasteiger partial charge in [-0.2, -0.15) is 0 Å². The van der Waals surface area contributed by atoms with Crippen LogP contribution in [0.3, 0.4) is 0 Å². The molecule has 0 spiro atoms. The van der Waals surface area contributed by atoms with Crippen LogP contribution in [-0.2, 0) is 4.79 Å². The number of urea groups is 1. The molecule has 1 heterocycles. The van der Waals surface area contributed by atoms with Crippen LogP contribution in [0.4, 0.5) is 4.79 Å². The third-order valence-electron chi connectivity index (χ3n) is 4.25. The lowest BCUT2D eigenvalue weighted by Crippen LogP contribution is -2.52. The molecular weight excluding hydrogens is 256 g/mol. The molecule has 1 aliphatic heterocycles. The van der Waals surface area contributed by atoms with Crippen molar-refractivity contribution in [1.82, 2.24) is 10.2 Å². The summed E-state index contributed by atoms with van der Waals surface area (Å²) in [7, 11) is 0. The molecule has 1 unspecified atom stereocenters. The van der Waals surface area contributed by atoms with Gasteiger partial charge in [0.25, 0.3) is 0 Å². The van der Waals surface area contributed by atoms with Gasteiger partial charge in [0.2, 0.25) is 0 Å². The van der Waals surface area contributed by atoms with E-state index in [1.165, 1.54) is 4.90 Å². The highest BCUT2D eigenvalue weighted by Gasteiger charge is 2.32. The molecule has 0 aliphatic carbocycles. The van der Waals surface area contributed by atoms with Crippen molar-refractivity contribution in [2.45, 2.75) is 53.0 Å². The van der Waals surface area contributed by atoms with Crippen molar-refractivity contribution < 1.29 is 14.7 Å². The van der Waals surface area contributed by atoms with Crippen LogP contribution in [0.1, 0.15) is 47.0 Å². The largest absolute Gasteiger partial charge is 0.480 e. The number of carboxylic acid groups (broad SMARTS) is 1. The quantitative estimate of drug-likeness (QED) is 0.815. The second-order valence-corrected chi connectivity index (χ2v) is 6.38. The molecule has 2 amide bonds. The smallest absolute Gasteiger partial charge is 0.326 e. The highest BCUT2D eigenvalue weighted by molar-refractivity contribution is 5.82. The summed E-state index contributed by atoms with van der Waals surface area (Å²) in [5.41, 5.74) is 0. The predicted molar refractivity (Wildman–Crippen MR) is 78.5 cm³/mol. The van der Waals surface area contributed by atoms with E-state index < -0.39 is 12.0 Å². The van der Waals surface area contributed by atoms with E-state index in [1.54, 1.807) is 0 Å². The van der Waals surface area contributed by atoms with Gasteiger partial charge >= 0.3 is 12.0 Å². The normalized spacial score (nSPS) is 19.8. The summed E-state index contributed by atoms with van der Waals surface area (Å²) in [4.78, 5) is 24.9. The minimum absolute atomic E-state index is 0.233. The number of nitrogens with zero attached hydrogens (tertiary/aromatic N) is 1. The first-order valence-electron chi connectivity index (χ1n) is 7.61. The fraction of sp³-hybridized carbons (Fsp3) is 0.867. The van der Waals surface area contributed by atoms with Crippen molar-refractivity contribution in [1.29, 1.82) is 0 Å². The van der Waals surface area contributed by atoms with E-state index in [-0.39, 0.29) is 6.03 Å². The molecule has 1 fully saturated rings. The SMILES string of the molecule is CC(C)C(CNC(=O)N1CCCCC1C(=O)O)C(C)C. The van der Waals surface area contributed by atoms with Crippen LogP contribution in [0.5, 0.6) is 0 Å². The van der Waals surface area contributed by atoms with E-state index in [4.69, 9.17) is 0 Å². The van der Waals surface area contributed by atoms with E-state index in [9.17, 15) is 14.7 Å². The molecule has 20 heavy (non-hydrogen) atoms. The van der Waals surface area contributed by atoms with Gasteiger partial charge in [-0.05, 0) is 37.0 Å². The molecule has 2 N–H and O–H groups in total. The van der Waals surface area contributed by atoms with Crippen LogP contribution in [-0.4, -0.2) is 41.1 Å². The molecule has 0 aromatic carbocycles. The number of amides is 2. The lowest BCUT2D eigenvalue weighted by atomic mass is 9.85. The van der Waals surface area contributed by atoms with E-state index in [2.05, 4.69) is 33.0 Å². The number of carboxylic acids is 1. The number of aliphatic carboxylic acids is 1. The van der Waals surface area contributed by atoms with Gasteiger partial charge in [0.05, 0.1) is 0 Å². The Labute approximate surface area is 121 Å². The maximum atomic E-state index is 12.2. The number of rotatable bonds is 5. The first-order valence-corrected chi connectivity index (χ1v) is 7.61. The van der Waals surface area contributed by atoms with Gasteiger partial charge in [-0.25, -0.2) is 9.59 Å². The van der Waals surface area contributed by atoms with Crippen molar-refractivity contribution >= 4 is 12.0 Å². The molecule has 0 aromatic heterocycles. The van der Waals surface area contributed by atoms with Crippen molar-refractivity contribution in [3.63, 3.8) is 0 Å². The molecule has 0 saturated carbocycles. The Bertz CT molecular complexity index is 334. The van der Waals surface area contributed by atoms with Crippen LogP contribution in [0.15, 0.2) is 0 Å². The Kier molecular flexibility index (Phi) is 6.30. The molecule has 1 saturated heterocycles. The van der Waals surface area contributed by atoms with Crippen molar-refractivity contribution in [3.8, 4) is 0 Å². The monoisotopic (exact) mass is 284 g/mol. The summed E-state index contributed by atoms with van der Waals surface area (Å²) in [5, 5.41) is 12.1. The highest BCUT2D eigenvalue weighted by Crippen LogP contribution is 2.20. The van der Waals surface area contributed by atoms with Gasteiger partial charge in [0.15, 0.2) is 0 Å². The van der Waals surface area contributed by atoms with Gasteiger partial charge in [-0.3, -0.25) is 0 Å². The standard InChI is InChI=1S/C15H28N2O3/c1-10(2)12(11(3)4)9-16-15(20)17-8-6-5-7-13(17)14(18)19/h10-13H,5-9H2,1-4H3,(H,16,20)(H,18,19). The fourth-order valence-corrected chi connectivity index (χ4v) is 2.98. The maximum Gasteiger partial charge on any atom is 0.326 e. The highest BCUT2D eigenvalue weighted by atomic mass is 16.4. The summed E-state index contributed by atoms with van der Waals surface area (Å²) in [6, 6.07) is -0.899. The first kappa shape index (κ1) is 16.8. The lowest BCUT2D eigenvalue weighted by Gasteiger charge is -2.34. The van der Waals surface area contributed by atoms with Crippen LogP contribution in [0, 0.1) is 17.8 Å². The molecule has 5 heteroatoms. The van der Waals surface area contributed by atoms with Gasteiger partial charge in [0, 0.05) is 13.1 Å². The second-order valence-electron chi connectivity index (χ2n) is 6.38. The van der Waals surface area contributed by atoms with E-state index in [0.717, 1.165) is 12.8 Å². The number of nitrogens with one attached hydrogen (secondary N) is 1. The van der Waals surface area contributed by atoms with Crippen molar-refractivity contribution in [2.24, 2.45) is 17.8 Å². The summed E-state index contributed by atoms with van der Waals surface area (Å²) < 4.78 is 0. The fourth-order valence-electron chi connectivity index (χ4n) is 2.98. The zero-order valence-corrected chi connectivity index (χ0v) is 13.1. The summed E-state index contributed by atoms with van der Waals surface area (Å²) in [5.74, 6) is 0.495. The molecule has 1 rings (SSSR count). The van der Waals surface area contributed by atoms with Gasteiger partial charge in [-0.1, -0.05) is 27.7 Å². The zero-order valence-electron chi connectivity index (χ0n) is 13.1. The lowest BCUT2D eigenvalue weighted by molar-refractivity contribution is -0.143. The van der Waals surface area contributed by atoms with E-state index >= 15 is 0 Å². The van der Waals surface area contributed by atoms with Crippen LogP contribution in [0.25, 0.3) is 0 Å². The zero-order chi connectivity index (χ0) is 15.3. The van der Waals surface area contributed by atoms with E-state index in [1.807, 2.05) is 0 Å². The minimum atomic E-state index is -0.899. The number of carbonyl (C=O) groups excluding carboxylic acids is 1. The molecule has 116 valence electrons. The van der Waals surface area contributed by atoms with Crippen molar-refractivity contribution in [2.75, 3.05) is 13.1 Å². The second kappa shape index (κ2) is 7.50. The number of piperidine rings is 1. The number of carbonyl (C=O) groups is 2. The average Bonchev–Trinajstić information content (AvgIpc) is 2.37. The molecule has 0 aromatic rings. The Morgan fingerprint density at radius 3 is 2.30 bits per heavy atom. The Morgan fingerprint density at radius 1 is 1.20 bits per heavy atom. The third kappa shape index (κ3) is 4.39. The topological polar surface area (TPSA) is 69.6 Å². The van der Waals surface area contributed by atoms with Crippen LogP contribution in [0.2, 0.25) is 0 Å². The summed E-state index contributed by atoms with van der Waals surface area (Å²) in [6.07, 6.45) is 2.32. The van der Waals surface area contributed by atoms with Crippen LogP contribution >= 0.6 is 0 Å². The summed E-state index contributed by atoms with van der Waals surface area (Å²) in [6.45, 7) is 9.75. The van der Waals surface area contributed by atoms with Gasteiger partial charge < -0.3 is 15.3 Å². The predicted octanol–water partition coefficient (Wildman–Crippen LogP) is 2.56. The number of likely N-dealkylation sites (tertiary alicyclic amines) is 1. The first-order chi connectivity index (χ1) is 9.34. The Balaban J connectivity index is 2.58. The third-order valence-corrected chi connectivity index (χ3v) is 4.25. The summed E-state index contributed by atoms with van der Waals surface area (Å²) >= 11 is 0. The molecule has 5 nitrogen and oxygen atoms in total. The van der Waals surface area contributed by atoms with Crippen LogP contribution < -0.4 is 5.32 Å². The Hall–Kier alpha value is -1.26.